The highest BCUT2D eigenvalue weighted by Gasteiger charge is 2.40. The van der Waals surface area contributed by atoms with Crippen LogP contribution in [0, 0.1) is 22.6 Å². The number of benzene rings is 2. The number of nitriles is 1. The highest BCUT2D eigenvalue weighted by molar-refractivity contribution is 5.94. The molecule has 2 aromatic carbocycles. The lowest BCUT2D eigenvalue weighted by Gasteiger charge is -2.41. The zero-order valence-electron chi connectivity index (χ0n) is 24.7. The van der Waals surface area contributed by atoms with Gasteiger partial charge in [0.25, 0.3) is 5.91 Å². The first kappa shape index (κ1) is 29.0. The van der Waals surface area contributed by atoms with Crippen LogP contribution >= 0.6 is 0 Å². The fraction of sp³-hybridized carbons (Fsp3) is 0.400. The van der Waals surface area contributed by atoms with Crippen LogP contribution in [0.1, 0.15) is 52.0 Å². The fourth-order valence-corrected chi connectivity index (χ4v) is 6.76. The van der Waals surface area contributed by atoms with Crippen LogP contribution in [0.2, 0.25) is 0 Å². The Labute approximate surface area is 253 Å². The number of piperidine rings is 1. The molecule has 0 N–H and O–H groups in total. The van der Waals surface area contributed by atoms with Crippen LogP contribution in [-0.2, 0) is 13.1 Å². The molecule has 43 heavy (non-hydrogen) atoms. The molecule has 0 saturated carbocycles. The molecule has 4 heterocycles. The van der Waals surface area contributed by atoms with Gasteiger partial charge in [-0.25, -0.2) is 4.39 Å². The first-order valence-electron chi connectivity index (χ1n) is 15.3. The second kappa shape index (κ2) is 12.7. The Kier molecular flexibility index (Phi) is 8.55. The van der Waals surface area contributed by atoms with Crippen molar-refractivity contribution in [2.24, 2.45) is 5.41 Å². The Morgan fingerprint density at radius 3 is 2.07 bits per heavy atom. The summed E-state index contributed by atoms with van der Waals surface area (Å²) in [5.41, 5.74) is 5.76. The molecule has 0 radical (unpaired) electrons. The third-order valence-corrected chi connectivity index (χ3v) is 9.50. The monoisotopic (exact) mass is 578 g/mol. The van der Waals surface area contributed by atoms with Gasteiger partial charge in [-0.3, -0.25) is 19.6 Å². The van der Waals surface area contributed by atoms with Crippen molar-refractivity contribution >= 4 is 11.6 Å². The van der Waals surface area contributed by atoms with Gasteiger partial charge in [-0.15, -0.1) is 0 Å². The van der Waals surface area contributed by atoms with Gasteiger partial charge >= 0.3 is 0 Å². The van der Waals surface area contributed by atoms with E-state index in [1.165, 1.54) is 24.1 Å². The lowest BCUT2D eigenvalue weighted by Crippen LogP contribution is -2.48. The Bertz CT molecular complexity index is 1460. The minimum Gasteiger partial charge on any atom is -0.370 e. The Morgan fingerprint density at radius 1 is 0.814 bits per heavy atom. The van der Waals surface area contributed by atoms with Crippen molar-refractivity contribution < 1.29 is 9.18 Å². The normalized spacial score (nSPS) is 19.0. The topological polar surface area (TPSA) is 66.7 Å². The summed E-state index contributed by atoms with van der Waals surface area (Å²) in [5.74, 6) is -0.210. The Morgan fingerprint density at radius 2 is 1.44 bits per heavy atom. The molecule has 222 valence electrons. The molecular formula is C35H39FN6O. The van der Waals surface area contributed by atoms with Gasteiger partial charge in [0.15, 0.2) is 0 Å². The molecule has 3 aliphatic heterocycles. The van der Waals surface area contributed by atoms with E-state index in [1.807, 2.05) is 41.3 Å². The van der Waals surface area contributed by atoms with E-state index in [1.54, 1.807) is 6.20 Å². The quantitative estimate of drug-likeness (QED) is 0.393. The van der Waals surface area contributed by atoms with E-state index in [2.05, 4.69) is 44.5 Å². The lowest BCUT2D eigenvalue weighted by molar-refractivity contribution is 0.0628. The van der Waals surface area contributed by atoms with E-state index in [-0.39, 0.29) is 11.7 Å². The summed E-state index contributed by atoms with van der Waals surface area (Å²) in [4.78, 5) is 26.9. The van der Waals surface area contributed by atoms with Gasteiger partial charge in [0.2, 0.25) is 0 Å². The molecular weight excluding hydrogens is 539 g/mol. The van der Waals surface area contributed by atoms with E-state index >= 15 is 0 Å². The van der Waals surface area contributed by atoms with Crippen molar-refractivity contribution in [3.8, 4) is 6.07 Å². The van der Waals surface area contributed by atoms with E-state index < -0.39 is 0 Å². The molecule has 1 amide bonds. The van der Waals surface area contributed by atoms with Gasteiger partial charge in [0, 0.05) is 65.1 Å². The zero-order valence-corrected chi connectivity index (χ0v) is 24.7. The number of piperazine rings is 1. The molecule has 0 aliphatic carbocycles. The minimum atomic E-state index is -0.222. The van der Waals surface area contributed by atoms with Crippen LogP contribution < -0.4 is 0 Å². The van der Waals surface area contributed by atoms with Crippen LogP contribution in [0.25, 0.3) is 5.70 Å². The molecule has 6 rings (SSSR count). The van der Waals surface area contributed by atoms with Gasteiger partial charge in [0.05, 0.1) is 28.6 Å². The maximum absolute atomic E-state index is 13.2. The van der Waals surface area contributed by atoms with Crippen LogP contribution in [0.3, 0.4) is 0 Å². The second-order valence-electron chi connectivity index (χ2n) is 12.3. The van der Waals surface area contributed by atoms with Crippen molar-refractivity contribution in [1.29, 1.82) is 5.26 Å². The summed E-state index contributed by atoms with van der Waals surface area (Å²) < 4.78 is 13.2. The third kappa shape index (κ3) is 6.79. The summed E-state index contributed by atoms with van der Waals surface area (Å²) in [6, 6.07) is 20.6. The number of pyridine rings is 1. The van der Waals surface area contributed by atoms with Crippen LogP contribution in [0.4, 0.5) is 4.39 Å². The molecule has 3 saturated heterocycles. The predicted molar refractivity (Wildman–Crippen MR) is 165 cm³/mol. The zero-order chi connectivity index (χ0) is 29.8. The van der Waals surface area contributed by atoms with E-state index in [0.717, 1.165) is 82.2 Å². The van der Waals surface area contributed by atoms with Crippen molar-refractivity contribution in [3.05, 3.63) is 107 Å². The van der Waals surface area contributed by atoms with Gasteiger partial charge in [-0.1, -0.05) is 30.8 Å². The summed E-state index contributed by atoms with van der Waals surface area (Å²) in [7, 11) is 0. The van der Waals surface area contributed by atoms with Crippen molar-refractivity contribution in [3.63, 3.8) is 0 Å². The second-order valence-corrected chi connectivity index (χ2v) is 12.3. The molecule has 7 nitrogen and oxygen atoms in total. The number of hydrogen-bond donors (Lipinski definition) is 0. The molecule has 1 spiro atoms. The number of nitrogens with zero attached hydrogens (tertiary/aromatic N) is 6. The number of hydrogen-bond acceptors (Lipinski definition) is 6. The highest BCUT2D eigenvalue weighted by Crippen LogP contribution is 2.42. The van der Waals surface area contributed by atoms with E-state index in [0.29, 0.717) is 29.6 Å². The molecule has 0 atom stereocenters. The maximum atomic E-state index is 13.2. The Hall–Kier alpha value is -4.06. The SMILES string of the molecule is C=C(c1ccc(C(=O)N2CCN(Cc3ccc(F)cc3)CC2)cn1)N1CCC2(CCN(Cc3ccc(C#N)cc3)C2)CC1. The van der Waals surface area contributed by atoms with Gasteiger partial charge in [0.1, 0.15) is 5.82 Å². The smallest absolute Gasteiger partial charge is 0.255 e. The fourth-order valence-electron chi connectivity index (χ4n) is 6.76. The van der Waals surface area contributed by atoms with Gasteiger partial charge < -0.3 is 9.80 Å². The summed E-state index contributed by atoms with van der Waals surface area (Å²) in [6.45, 7) is 13.1. The predicted octanol–water partition coefficient (Wildman–Crippen LogP) is 5.01. The number of carbonyl (C=O) groups excluding carboxylic acids is 1. The number of halogens is 1. The Balaban J connectivity index is 0.964. The number of aromatic nitrogens is 1. The molecule has 1 aromatic heterocycles. The van der Waals surface area contributed by atoms with Crippen molar-refractivity contribution in [2.45, 2.75) is 32.4 Å². The maximum Gasteiger partial charge on any atom is 0.255 e. The summed E-state index contributed by atoms with van der Waals surface area (Å²) in [6.07, 6.45) is 5.19. The number of likely N-dealkylation sites (tertiary alicyclic amines) is 2. The molecule has 3 aromatic rings. The largest absolute Gasteiger partial charge is 0.370 e. The average Bonchev–Trinajstić information content (AvgIpc) is 3.44. The first-order chi connectivity index (χ1) is 20.9. The van der Waals surface area contributed by atoms with Crippen molar-refractivity contribution in [2.75, 3.05) is 52.4 Å². The van der Waals surface area contributed by atoms with Gasteiger partial charge in [-0.2, -0.15) is 5.26 Å². The van der Waals surface area contributed by atoms with Gasteiger partial charge in [-0.05, 0) is 78.7 Å². The molecule has 8 heteroatoms. The number of rotatable bonds is 7. The molecule has 3 fully saturated rings. The lowest BCUT2D eigenvalue weighted by atomic mass is 9.77. The molecule has 0 unspecified atom stereocenters. The van der Waals surface area contributed by atoms with E-state index in [9.17, 15) is 9.18 Å². The van der Waals surface area contributed by atoms with Crippen LogP contribution in [0.15, 0.2) is 73.4 Å². The number of carbonyl (C=O) groups is 1. The molecule has 0 bridgehead atoms. The summed E-state index contributed by atoms with van der Waals surface area (Å²) in [5, 5.41) is 9.05. The standard InChI is InChI=1S/C35H39FN6O/c1-27(41-16-13-35(14-17-41)12-15-40(26-35)25-29-4-2-28(22-37)3-5-29)33-11-8-31(23-38-33)34(43)42-20-18-39(19-21-42)24-30-6-9-32(36)10-7-30/h2-11,23H,1,12-21,24-26H2. The third-order valence-electron chi connectivity index (χ3n) is 9.50. The first-order valence-corrected chi connectivity index (χ1v) is 15.3. The van der Waals surface area contributed by atoms with Crippen molar-refractivity contribution in [1.82, 2.24) is 24.6 Å². The molecule has 3 aliphatic rings. The van der Waals surface area contributed by atoms with Crippen LogP contribution in [-0.4, -0.2) is 82.8 Å². The van der Waals surface area contributed by atoms with E-state index in [4.69, 9.17) is 5.26 Å². The van der Waals surface area contributed by atoms with Crippen LogP contribution in [0.5, 0.6) is 0 Å². The average molecular weight is 579 g/mol. The summed E-state index contributed by atoms with van der Waals surface area (Å²) >= 11 is 0. The minimum absolute atomic E-state index is 0.0119. The number of amides is 1. The highest BCUT2D eigenvalue weighted by atomic mass is 19.1.